The monoisotopic (exact) mass is 556 g/mol. The van der Waals surface area contributed by atoms with Crippen molar-refractivity contribution in [2.75, 3.05) is 18.0 Å². The van der Waals surface area contributed by atoms with Crippen LogP contribution in [-0.4, -0.2) is 43.6 Å². The number of carbonyl (C=O) groups excluding carboxylic acids is 1. The number of amides is 1. The van der Waals surface area contributed by atoms with Gasteiger partial charge in [-0.15, -0.1) is 10.2 Å². The van der Waals surface area contributed by atoms with E-state index in [1.54, 1.807) is 23.0 Å². The summed E-state index contributed by atoms with van der Waals surface area (Å²) in [5, 5.41) is 8.28. The largest absolute Gasteiger partial charge is 0.416 e. The molecule has 0 unspecified atom stereocenters. The highest BCUT2D eigenvalue weighted by Gasteiger charge is 2.49. The number of hydrogen-bond acceptors (Lipinski definition) is 5. The molecule has 1 aromatic carbocycles. The van der Waals surface area contributed by atoms with E-state index in [-0.39, 0.29) is 23.5 Å². The average molecular weight is 557 g/mol. The SMILES string of the molecule is CC1CC(c2cc(F)nc(N3Cc4c(cc(CN5CCC[C@H](C)C5)cc4C(F)(F)F)C3=O)c2)(c2nncn2C)C1. The third-order valence-corrected chi connectivity index (χ3v) is 8.70. The summed E-state index contributed by atoms with van der Waals surface area (Å²) in [4.78, 5) is 20.9. The Morgan fingerprint density at radius 2 is 1.88 bits per heavy atom. The Morgan fingerprint density at radius 3 is 2.52 bits per heavy atom. The van der Waals surface area contributed by atoms with Gasteiger partial charge in [0, 0.05) is 25.7 Å². The highest BCUT2D eigenvalue weighted by atomic mass is 19.4. The van der Waals surface area contributed by atoms with Gasteiger partial charge in [-0.1, -0.05) is 13.8 Å². The van der Waals surface area contributed by atoms with Crippen molar-refractivity contribution in [1.29, 1.82) is 0 Å². The second-order valence-corrected chi connectivity index (χ2v) is 11.9. The molecule has 2 aromatic heterocycles. The van der Waals surface area contributed by atoms with Gasteiger partial charge in [-0.25, -0.2) is 4.98 Å². The second-order valence-electron chi connectivity index (χ2n) is 11.9. The van der Waals surface area contributed by atoms with Gasteiger partial charge in [0.25, 0.3) is 5.91 Å². The van der Waals surface area contributed by atoms with Crippen LogP contribution in [0.5, 0.6) is 0 Å². The van der Waals surface area contributed by atoms with Crippen LogP contribution in [0.3, 0.4) is 0 Å². The minimum atomic E-state index is -4.64. The molecule has 1 saturated carbocycles. The van der Waals surface area contributed by atoms with E-state index in [9.17, 15) is 18.0 Å². The Bertz CT molecular complexity index is 1460. The van der Waals surface area contributed by atoms with Crippen LogP contribution in [-0.2, 0) is 31.7 Å². The highest BCUT2D eigenvalue weighted by molar-refractivity contribution is 6.10. The van der Waals surface area contributed by atoms with Crippen LogP contribution < -0.4 is 4.90 Å². The number of pyridine rings is 1. The molecule has 0 bridgehead atoms. The molecular formula is C29H32F4N6O. The van der Waals surface area contributed by atoms with Gasteiger partial charge in [0.05, 0.1) is 17.5 Å². The third-order valence-electron chi connectivity index (χ3n) is 8.70. The number of carbonyl (C=O) groups is 1. The molecule has 11 heteroatoms. The van der Waals surface area contributed by atoms with E-state index < -0.39 is 29.0 Å². The molecule has 1 saturated heterocycles. The van der Waals surface area contributed by atoms with Crippen molar-refractivity contribution in [1.82, 2.24) is 24.6 Å². The second kappa shape index (κ2) is 9.64. The molecule has 0 radical (unpaired) electrons. The zero-order valence-corrected chi connectivity index (χ0v) is 22.8. The number of rotatable bonds is 5. The van der Waals surface area contributed by atoms with Gasteiger partial charge < -0.3 is 4.57 Å². The van der Waals surface area contributed by atoms with Gasteiger partial charge in [-0.05, 0) is 85.0 Å². The first-order valence-corrected chi connectivity index (χ1v) is 13.7. The number of benzene rings is 1. The van der Waals surface area contributed by atoms with Crippen LogP contribution in [0.2, 0.25) is 0 Å². The first-order valence-electron chi connectivity index (χ1n) is 13.7. The van der Waals surface area contributed by atoms with Gasteiger partial charge in [-0.3, -0.25) is 14.6 Å². The summed E-state index contributed by atoms with van der Waals surface area (Å²) in [5.74, 6) is 0.108. The van der Waals surface area contributed by atoms with E-state index in [0.29, 0.717) is 48.2 Å². The van der Waals surface area contributed by atoms with Crippen LogP contribution in [0.1, 0.15) is 78.0 Å². The summed E-state index contributed by atoms with van der Waals surface area (Å²) < 4.78 is 59.6. The van der Waals surface area contributed by atoms with Crippen LogP contribution in [0.25, 0.3) is 0 Å². The first-order chi connectivity index (χ1) is 18.9. The smallest absolute Gasteiger partial charge is 0.320 e. The maximum Gasteiger partial charge on any atom is 0.416 e. The summed E-state index contributed by atoms with van der Waals surface area (Å²) >= 11 is 0. The Morgan fingerprint density at radius 1 is 1.10 bits per heavy atom. The van der Waals surface area contributed by atoms with E-state index in [1.165, 1.54) is 6.07 Å². The predicted molar refractivity (Wildman–Crippen MR) is 140 cm³/mol. The molecule has 2 aliphatic heterocycles. The zero-order valence-electron chi connectivity index (χ0n) is 22.8. The van der Waals surface area contributed by atoms with Gasteiger partial charge in [0.2, 0.25) is 5.95 Å². The number of alkyl halides is 3. The van der Waals surface area contributed by atoms with Crippen molar-refractivity contribution in [3.63, 3.8) is 0 Å². The molecular weight excluding hydrogens is 524 g/mol. The Balaban J connectivity index is 1.37. The fourth-order valence-corrected chi connectivity index (χ4v) is 6.98. The van der Waals surface area contributed by atoms with Crippen LogP contribution in [0.4, 0.5) is 23.4 Å². The maximum atomic E-state index is 15.0. The molecule has 6 rings (SSSR count). The normalized spacial score (nSPS) is 25.3. The standard InChI is InChI=1S/C29H32F4N6O/c1-17-5-4-6-38(13-17)14-19-7-21-22(23(8-19)29(31,32)33)15-39(26(21)40)25-10-20(9-24(30)35-25)28(11-18(2)12-28)27-36-34-16-37(27)3/h7-10,16-18H,4-6,11-15H2,1-3H3/t17-,18?,28?/m0/s1. The number of aryl methyl sites for hydroxylation is 1. The predicted octanol–water partition coefficient (Wildman–Crippen LogP) is 5.48. The molecule has 7 nitrogen and oxygen atoms in total. The number of anilines is 1. The Kier molecular flexibility index (Phi) is 6.47. The number of piperidine rings is 1. The molecule has 1 amide bonds. The lowest BCUT2D eigenvalue weighted by atomic mass is 9.58. The number of hydrogen-bond donors (Lipinski definition) is 0. The van der Waals surface area contributed by atoms with E-state index in [0.717, 1.165) is 36.9 Å². The van der Waals surface area contributed by atoms with E-state index in [2.05, 4.69) is 33.9 Å². The molecule has 1 atom stereocenters. The lowest BCUT2D eigenvalue weighted by Crippen LogP contribution is -2.43. The molecule has 40 heavy (non-hydrogen) atoms. The summed E-state index contributed by atoms with van der Waals surface area (Å²) in [7, 11) is 1.82. The molecule has 212 valence electrons. The van der Waals surface area contributed by atoms with Gasteiger partial charge in [0.1, 0.15) is 18.0 Å². The van der Waals surface area contributed by atoms with Crippen molar-refractivity contribution in [3.8, 4) is 0 Å². The molecule has 3 aromatic rings. The molecule has 2 fully saturated rings. The summed E-state index contributed by atoms with van der Waals surface area (Å²) in [5.41, 5.74) is -0.490. The lowest BCUT2D eigenvalue weighted by Gasteiger charge is -2.46. The fourth-order valence-electron chi connectivity index (χ4n) is 6.98. The van der Waals surface area contributed by atoms with Crippen LogP contribution >= 0.6 is 0 Å². The first kappa shape index (κ1) is 26.9. The minimum Gasteiger partial charge on any atom is -0.320 e. The number of aromatic nitrogens is 4. The molecule has 4 heterocycles. The summed E-state index contributed by atoms with van der Waals surface area (Å²) in [6.07, 6.45) is 0.443. The van der Waals surface area contributed by atoms with Crippen molar-refractivity contribution >= 4 is 11.7 Å². The quantitative estimate of drug-likeness (QED) is 0.308. The zero-order chi connectivity index (χ0) is 28.4. The van der Waals surface area contributed by atoms with E-state index in [4.69, 9.17) is 0 Å². The molecule has 3 aliphatic rings. The van der Waals surface area contributed by atoms with Crippen molar-refractivity contribution in [2.24, 2.45) is 18.9 Å². The van der Waals surface area contributed by atoms with Gasteiger partial charge in [0.15, 0.2) is 0 Å². The minimum absolute atomic E-state index is 0.00257. The van der Waals surface area contributed by atoms with Crippen molar-refractivity contribution in [2.45, 2.75) is 64.2 Å². The van der Waals surface area contributed by atoms with Gasteiger partial charge in [-0.2, -0.15) is 17.6 Å². The molecule has 1 aliphatic carbocycles. The summed E-state index contributed by atoms with van der Waals surface area (Å²) in [6.45, 7) is 5.86. The highest BCUT2D eigenvalue weighted by Crippen LogP contribution is 2.52. The number of nitrogens with zero attached hydrogens (tertiary/aromatic N) is 6. The number of halogens is 4. The van der Waals surface area contributed by atoms with Crippen molar-refractivity contribution in [3.05, 3.63) is 70.2 Å². The fraction of sp³-hybridized carbons (Fsp3) is 0.517. The molecule has 0 spiro atoms. The van der Waals surface area contributed by atoms with E-state index >= 15 is 4.39 Å². The third kappa shape index (κ3) is 4.57. The van der Waals surface area contributed by atoms with Crippen LogP contribution in [0, 0.1) is 17.8 Å². The molecule has 0 N–H and O–H groups in total. The lowest BCUT2D eigenvalue weighted by molar-refractivity contribution is -0.138. The van der Waals surface area contributed by atoms with Crippen molar-refractivity contribution < 1.29 is 22.4 Å². The Hall–Kier alpha value is -3.34. The van der Waals surface area contributed by atoms with Crippen LogP contribution in [0.15, 0.2) is 30.6 Å². The maximum absolute atomic E-state index is 15.0. The Labute approximate surface area is 230 Å². The number of likely N-dealkylation sites (tertiary alicyclic amines) is 1. The number of fused-ring (bicyclic) bond motifs is 1. The van der Waals surface area contributed by atoms with Gasteiger partial charge >= 0.3 is 6.18 Å². The average Bonchev–Trinajstić information content (AvgIpc) is 3.44. The topological polar surface area (TPSA) is 67.2 Å². The summed E-state index contributed by atoms with van der Waals surface area (Å²) in [6, 6.07) is 5.69. The van der Waals surface area contributed by atoms with E-state index in [1.807, 2.05) is 7.05 Å².